The van der Waals surface area contributed by atoms with Gasteiger partial charge in [-0.25, -0.2) is 9.97 Å². The van der Waals surface area contributed by atoms with Gasteiger partial charge >= 0.3 is 0 Å². The number of nitrogens with zero attached hydrogens (tertiary/aromatic N) is 2. The molecule has 0 aromatic carbocycles. The number of rotatable bonds is 7. The molecule has 5 nitrogen and oxygen atoms in total. The minimum Gasteiger partial charge on any atom is -0.481 e. The minimum atomic E-state index is 0.335. The van der Waals surface area contributed by atoms with Gasteiger partial charge in [-0.3, -0.25) is 0 Å². The van der Waals surface area contributed by atoms with E-state index in [-0.39, 0.29) is 0 Å². The maximum Gasteiger partial charge on any atom is 0.224 e. The first kappa shape index (κ1) is 13.4. The van der Waals surface area contributed by atoms with Crippen molar-refractivity contribution in [3.63, 3.8) is 0 Å². The van der Waals surface area contributed by atoms with Crippen LogP contribution in [0.25, 0.3) is 0 Å². The molecule has 1 aromatic heterocycles. The Hall–Kier alpha value is -1.62. The molecule has 0 saturated heterocycles. The van der Waals surface area contributed by atoms with Crippen LogP contribution in [0, 0.1) is 0 Å². The van der Waals surface area contributed by atoms with Crippen molar-refractivity contribution in [2.45, 2.75) is 25.9 Å². The van der Waals surface area contributed by atoms with Crippen LogP contribution in [0.4, 0.5) is 0 Å². The first-order valence-corrected chi connectivity index (χ1v) is 5.49. The summed E-state index contributed by atoms with van der Waals surface area (Å²) in [5.41, 5.74) is 0.827. The quantitative estimate of drug-likeness (QED) is 0.729. The van der Waals surface area contributed by atoms with E-state index in [1.54, 1.807) is 14.2 Å². The van der Waals surface area contributed by atoms with Gasteiger partial charge in [-0.2, -0.15) is 0 Å². The number of methoxy groups -OCH3 is 2. The molecular formula is C12H19N3O2. The van der Waals surface area contributed by atoms with E-state index < -0.39 is 0 Å². The lowest BCUT2D eigenvalue weighted by molar-refractivity contribution is 0.357. The predicted octanol–water partition coefficient (Wildman–Crippen LogP) is 1.55. The molecule has 0 fully saturated rings. The molecule has 0 aliphatic rings. The third-order valence-corrected chi connectivity index (χ3v) is 2.40. The standard InChI is InChI=1S/C12H19N3O2/c1-5-6-9(2)13-7-10-11(16-3)14-8-15-12(10)17-4/h5,8-9,13H,1,6-7H2,2-4H3. The fourth-order valence-electron chi connectivity index (χ4n) is 1.49. The molecule has 0 spiro atoms. The van der Waals surface area contributed by atoms with Gasteiger partial charge in [0.15, 0.2) is 0 Å². The molecule has 0 saturated carbocycles. The van der Waals surface area contributed by atoms with Crippen LogP contribution in [0.5, 0.6) is 11.8 Å². The number of hydrogen-bond donors (Lipinski definition) is 1. The van der Waals surface area contributed by atoms with Gasteiger partial charge < -0.3 is 14.8 Å². The molecule has 5 heteroatoms. The molecule has 1 N–H and O–H groups in total. The summed E-state index contributed by atoms with van der Waals surface area (Å²) in [7, 11) is 3.16. The lowest BCUT2D eigenvalue weighted by Crippen LogP contribution is -2.25. The maximum absolute atomic E-state index is 5.19. The molecule has 1 rings (SSSR count). The molecule has 0 aliphatic heterocycles. The van der Waals surface area contributed by atoms with Crippen molar-refractivity contribution in [2.24, 2.45) is 0 Å². The average Bonchev–Trinajstić information content (AvgIpc) is 2.36. The fourth-order valence-corrected chi connectivity index (χ4v) is 1.49. The van der Waals surface area contributed by atoms with Crippen LogP contribution in [-0.2, 0) is 6.54 Å². The van der Waals surface area contributed by atoms with Crippen molar-refractivity contribution in [3.8, 4) is 11.8 Å². The number of ether oxygens (including phenoxy) is 2. The van der Waals surface area contributed by atoms with E-state index in [1.165, 1.54) is 6.33 Å². The molecule has 1 unspecified atom stereocenters. The highest BCUT2D eigenvalue weighted by Gasteiger charge is 2.13. The lowest BCUT2D eigenvalue weighted by atomic mass is 10.2. The Morgan fingerprint density at radius 2 is 1.94 bits per heavy atom. The zero-order valence-electron chi connectivity index (χ0n) is 10.6. The number of aromatic nitrogens is 2. The summed E-state index contributed by atoms with van der Waals surface area (Å²) in [6, 6.07) is 0.335. The predicted molar refractivity (Wildman–Crippen MR) is 66.3 cm³/mol. The smallest absolute Gasteiger partial charge is 0.224 e. The molecule has 0 bridgehead atoms. The van der Waals surface area contributed by atoms with E-state index >= 15 is 0 Å². The van der Waals surface area contributed by atoms with Gasteiger partial charge in [-0.1, -0.05) is 6.08 Å². The van der Waals surface area contributed by atoms with Gasteiger partial charge in [-0.15, -0.1) is 6.58 Å². The highest BCUT2D eigenvalue weighted by molar-refractivity contribution is 5.34. The Kier molecular flexibility index (Phi) is 5.42. The number of nitrogens with one attached hydrogen (secondary N) is 1. The summed E-state index contributed by atoms with van der Waals surface area (Å²) in [6.07, 6.45) is 4.21. The van der Waals surface area contributed by atoms with Crippen LogP contribution in [0.3, 0.4) is 0 Å². The van der Waals surface area contributed by atoms with Gasteiger partial charge in [0, 0.05) is 12.6 Å². The van der Waals surface area contributed by atoms with E-state index in [0.717, 1.165) is 12.0 Å². The summed E-state index contributed by atoms with van der Waals surface area (Å²) in [5, 5.41) is 3.34. The monoisotopic (exact) mass is 237 g/mol. The van der Waals surface area contributed by atoms with E-state index in [1.807, 2.05) is 6.08 Å². The summed E-state index contributed by atoms with van der Waals surface area (Å²) >= 11 is 0. The molecule has 0 radical (unpaired) electrons. The molecule has 0 aliphatic carbocycles. The second kappa shape index (κ2) is 6.85. The van der Waals surface area contributed by atoms with Gasteiger partial charge in [0.1, 0.15) is 6.33 Å². The van der Waals surface area contributed by atoms with Crippen molar-refractivity contribution in [1.29, 1.82) is 0 Å². The van der Waals surface area contributed by atoms with E-state index in [9.17, 15) is 0 Å². The lowest BCUT2D eigenvalue weighted by Gasteiger charge is -2.14. The fraction of sp³-hybridized carbons (Fsp3) is 0.500. The molecular weight excluding hydrogens is 218 g/mol. The first-order valence-electron chi connectivity index (χ1n) is 5.49. The SMILES string of the molecule is C=CCC(C)NCc1c(OC)ncnc1OC. The van der Waals surface area contributed by atoms with E-state index in [4.69, 9.17) is 9.47 Å². The van der Waals surface area contributed by atoms with Crippen molar-refractivity contribution in [1.82, 2.24) is 15.3 Å². The molecule has 17 heavy (non-hydrogen) atoms. The third-order valence-electron chi connectivity index (χ3n) is 2.40. The summed E-state index contributed by atoms with van der Waals surface area (Å²) in [4.78, 5) is 8.11. The van der Waals surface area contributed by atoms with Crippen LogP contribution in [0.15, 0.2) is 19.0 Å². The highest BCUT2D eigenvalue weighted by atomic mass is 16.5. The largest absolute Gasteiger partial charge is 0.481 e. The van der Waals surface area contributed by atoms with Gasteiger partial charge in [-0.05, 0) is 13.3 Å². The van der Waals surface area contributed by atoms with Gasteiger partial charge in [0.05, 0.1) is 19.8 Å². The van der Waals surface area contributed by atoms with Crippen molar-refractivity contribution < 1.29 is 9.47 Å². The van der Waals surface area contributed by atoms with Crippen LogP contribution < -0.4 is 14.8 Å². The van der Waals surface area contributed by atoms with E-state index in [2.05, 4.69) is 28.8 Å². The summed E-state index contributed by atoms with van der Waals surface area (Å²) in [5.74, 6) is 1.07. The van der Waals surface area contributed by atoms with Crippen LogP contribution >= 0.6 is 0 Å². The van der Waals surface area contributed by atoms with Gasteiger partial charge in [0.2, 0.25) is 11.8 Å². The Morgan fingerprint density at radius 1 is 1.35 bits per heavy atom. The zero-order chi connectivity index (χ0) is 12.7. The zero-order valence-corrected chi connectivity index (χ0v) is 10.6. The van der Waals surface area contributed by atoms with Crippen LogP contribution in [-0.4, -0.2) is 30.2 Å². The Labute approximate surface area is 102 Å². The molecule has 1 aromatic rings. The van der Waals surface area contributed by atoms with Crippen molar-refractivity contribution >= 4 is 0 Å². The topological polar surface area (TPSA) is 56.3 Å². The average molecular weight is 237 g/mol. The third kappa shape index (κ3) is 3.71. The van der Waals surface area contributed by atoms with Crippen molar-refractivity contribution in [3.05, 3.63) is 24.5 Å². The van der Waals surface area contributed by atoms with Crippen LogP contribution in [0.2, 0.25) is 0 Å². The summed E-state index contributed by atoms with van der Waals surface area (Å²) in [6.45, 7) is 6.40. The molecule has 1 atom stereocenters. The summed E-state index contributed by atoms with van der Waals surface area (Å²) < 4.78 is 10.4. The Morgan fingerprint density at radius 3 is 2.41 bits per heavy atom. The second-order valence-electron chi connectivity index (χ2n) is 3.68. The minimum absolute atomic E-state index is 0.335. The first-order chi connectivity index (χ1) is 8.22. The molecule has 0 amide bonds. The second-order valence-corrected chi connectivity index (χ2v) is 3.68. The number of hydrogen-bond acceptors (Lipinski definition) is 5. The van der Waals surface area contributed by atoms with Crippen LogP contribution in [0.1, 0.15) is 18.9 Å². The van der Waals surface area contributed by atoms with E-state index in [0.29, 0.717) is 24.3 Å². The highest BCUT2D eigenvalue weighted by Crippen LogP contribution is 2.23. The maximum atomic E-state index is 5.19. The Bertz CT molecular complexity index is 347. The van der Waals surface area contributed by atoms with Gasteiger partial charge in [0.25, 0.3) is 0 Å². The normalized spacial score (nSPS) is 11.9. The molecule has 1 heterocycles. The molecule has 94 valence electrons. The Balaban J connectivity index is 2.77. The van der Waals surface area contributed by atoms with Crippen molar-refractivity contribution in [2.75, 3.05) is 14.2 Å².